The molecule has 1 unspecified atom stereocenters. The van der Waals surface area contributed by atoms with Gasteiger partial charge in [-0.15, -0.1) is 0 Å². The fraction of sp³-hybridized carbons (Fsp3) is 0.429. The highest BCUT2D eigenvalue weighted by molar-refractivity contribution is 7.97. The summed E-state index contributed by atoms with van der Waals surface area (Å²) in [6, 6.07) is 10.4. The van der Waals surface area contributed by atoms with Gasteiger partial charge in [0.25, 0.3) is 0 Å². The molecule has 1 spiro atoms. The van der Waals surface area contributed by atoms with Crippen molar-refractivity contribution in [2.24, 2.45) is 0 Å². The monoisotopic (exact) mass is 404 g/mol. The average molecular weight is 405 g/mol. The highest BCUT2D eigenvalue weighted by Gasteiger charge is 2.46. The van der Waals surface area contributed by atoms with Crippen molar-refractivity contribution in [1.82, 2.24) is 8.61 Å². The molecular formula is C21H28N2O2S2. The largest absolute Gasteiger partial charge is 0.358 e. The number of benzene rings is 1. The van der Waals surface area contributed by atoms with Crippen molar-refractivity contribution in [3.63, 3.8) is 0 Å². The molecule has 4 nitrogen and oxygen atoms in total. The molecule has 2 fully saturated rings. The van der Waals surface area contributed by atoms with Crippen molar-refractivity contribution in [1.29, 1.82) is 0 Å². The third kappa shape index (κ3) is 5.00. The molecule has 27 heavy (non-hydrogen) atoms. The lowest BCUT2D eigenvalue weighted by molar-refractivity contribution is -0.0770. The van der Waals surface area contributed by atoms with Crippen LogP contribution < -0.4 is 0 Å². The maximum Gasteiger partial charge on any atom is 0.133 e. The van der Waals surface area contributed by atoms with Crippen molar-refractivity contribution in [2.45, 2.75) is 37.3 Å². The van der Waals surface area contributed by atoms with Crippen LogP contribution in [0.4, 0.5) is 0 Å². The van der Waals surface area contributed by atoms with Gasteiger partial charge in [0, 0.05) is 37.4 Å². The predicted molar refractivity (Wildman–Crippen MR) is 114 cm³/mol. The van der Waals surface area contributed by atoms with Crippen LogP contribution in [0, 0.1) is 0 Å². The molecule has 0 radical (unpaired) electrons. The smallest absolute Gasteiger partial charge is 0.133 e. The van der Waals surface area contributed by atoms with Crippen LogP contribution in [0.5, 0.6) is 0 Å². The minimum atomic E-state index is -1.14. The highest BCUT2D eigenvalue weighted by Crippen LogP contribution is 2.41. The molecule has 0 amide bonds. The minimum Gasteiger partial charge on any atom is -0.358 e. The van der Waals surface area contributed by atoms with Crippen molar-refractivity contribution in [3.05, 3.63) is 65.6 Å². The number of allylic oxidation sites excluding steroid dienone is 5. The molecule has 6 heteroatoms. The molecule has 146 valence electrons. The Labute approximate surface area is 169 Å². The molecule has 2 heterocycles. The quantitative estimate of drug-likeness (QED) is 0.516. The third-order valence-corrected chi connectivity index (χ3v) is 7.53. The molecule has 0 aliphatic carbocycles. The van der Waals surface area contributed by atoms with Crippen molar-refractivity contribution < 1.29 is 8.95 Å². The SMILES string of the molecule is C\C=C/C=C(\C=C/C)S(=O)N1CCC2(CC1)OCCN2Sc1ccccc1. The van der Waals surface area contributed by atoms with E-state index < -0.39 is 11.0 Å². The molecule has 3 rings (SSSR count). The van der Waals surface area contributed by atoms with Crippen molar-refractivity contribution >= 4 is 22.9 Å². The van der Waals surface area contributed by atoms with Gasteiger partial charge < -0.3 is 4.74 Å². The first kappa shape index (κ1) is 20.6. The summed E-state index contributed by atoms with van der Waals surface area (Å²) >= 11 is 1.77. The number of nitrogens with zero attached hydrogens (tertiary/aromatic N) is 2. The second kappa shape index (κ2) is 9.85. The maximum absolute atomic E-state index is 13.0. The molecule has 2 saturated heterocycles. The molecule has 1 atom stereocenters. The van der Waals surface area contributed by atoms with Gasteiger partial charge in [-0.05, 0) is 50.1 Å². The number of piperidine rings is 1. The van der Waals surface area contributed by atoms with Crippen LogP contribution in [-0.2, 0) is 15.7 Å². The van der Waals surface area contributed by atoms with Gasteiger partial charge in [0.15, 0.2) is 0 Å². The summed E-state index contributed by atoms with van der Waals surface area (Å²) in [5.74, 6) is 0. The Balaban J connectivity index is 1.65. The van der Waals surface area contributed by atoms with Crippen LogP contribution in [0.15, 0.2) is 70.5 Å². The maximum atomic E-state index is 13.0. The highest BCUT2D eigenvalue weighted by atomic mass is 32.2. The second-order valence-electron chi connectivity index (χ2n) is 6.57. The Morgan fingerprint density at radius 2 is 1.89 bits per heavy atom. The summed E-state index contributed by atoms with van der Waals surface area (Å²) in [5, 5.41) is 0. The Hall–Kier alpha value is -1.18. The first-order valence-electron chi connectivity index (χ1n) is 9.45. The van der Waals surface area contributed by atoms with Crippen LogP contribution in [0.3, 0.4) is 0 Å². The zero-order valence-electron chi connectivity index (χ0n) is 16.0. The van der Waals surface area contributed by atoms with Crippen LogP contribution in [0.25, 0.3) is 0 Å². The number of hydrogen-bond donors (Lipinski definition) is 0. The summed E-state index contributed by atoms with van der Waals surface area (Å²) in [5.41, 5.74) is -0.241. The standard InChI is InChI=1S/C21H28N2O2S2/c1-3-5-12-20(9-4-2)27(24)22-15-13-21(14-16-22)23(17-18-25-21)26-19-10-7-6-8-11-19/h3-12H,13-18H2,1-2H3/b5-3-,9-4-,20-12+. The van der Waals surface area contributed by atoms with Gasteiger partial charge in [0.1, 0.15) is 16.7 Å². The normalized spacial score (nSPS) is 23.0. The van der Waals surface area contributed by atoms with E-state index in [0.717, 1.165) is 44.0 Å². The van der Waals surface area contributed by atoms with Crippen molar-refractivity contribution in [3.8, 4) is 0 Å². The van der Waals surface area contributed by atoms with E-state index in [1.807, 2.05) is 50.3 Å². The molecular weight excluding hydrogens is 376 g/mol. The zero-order chi connectivity index (χ0) is 19.1. The lowest BCUT2D eigenvalue weighted by atomic mass is 10.0. The first-order valence-corrected chi connectivity index (χ1v) is 11.3. The summed E-state index contributed by atoms with van der Waals surface area (Å²) in [7, 11) is -1.14. The average Bonchev–Trinajstić information content (AvgIpc) is 3.07. The van der Waals surface area contributed by atoms with Gasteiger partial charge >= 0.3 is 0 Å². The molecule has 2 aliphatic rings. The van der Waals surface area contributed by atoms with Crippen molar-refractivity contribution in [2.75, 3.05) is 26.2 Å². The Bertz CT molecular complexity index is 723. The third-order valence-electron chi connectivity index (χ3n) is 4.80. The summed E-state index contributed by atoms with van der Waals surface area (Å²) in [6.07, 6.45) is 11.4. The lowest BCUT2D eigenvalue weighted by Crippen LogP contribution is -2.51. The van der Waals surface area contributed by atoms with E-state index in [9.17, 15) is 4.21 Å². The second-order valence-corrected chi connectivity index (χ2v) is 9.15. The minimum absolute atomic E-state index is 0.241. The van der Waals surface area contributed by atoms with Gasteiger partial charge in [0.05, 0.1) is 11.5 Å². The van der Waals surface area contributed by atoms with Gasteiger partial charge in [0.2, 0.25) is 0 Å². The molecule has 0 N–H and O–H groups in total. The van der Waals surface area contributed by atoms with Gasteiger partial charge in [-0.2, -0.15) is 0 Å². The van der Waals surface area contributed by atoms with Crippen LogP contribution in [0.1, 0.15) is 26.7 Å². The summed E-state index contributed by atoms with van der Waals surface area (Å²) < 4.78 is 23.6. The van der Waals surface area contributed by atoms with Crippen LogP contribution >= 0.6 is 11.9 Å². The van der Waals surface area contributed by atoms with Gasteiger partial charge in [-0.3, -0.25) is 0 Å². The van der Waals surface area contributed by atoms with E-state index in [1.165, 1.54) is 4.90 Å². The van der Waals surface area contributed by atoms with E-state index in [4.69, 9.17) is 4.74 Å². The Morgan fingerprint density at radius 3 is 2.56 bits per heavy atom. The number of rotatable bonds is 6. The molecule has 0 aromatic heterocycles. The molecule has 2 aliphatic heterocycles. The van der Waals surface area contributed by atoms with Gasteiger partial charge in [-0.25, -0.2) is 12.8 Å². The summed E-state index contributed by atoms with van der Waals surface area (Å²) in [4.78, 5) is 2.08. The fourth-order valence-corrected chi connectivity index (χ4v) is 5.76. The Morgan fingerprint density at radius 1 is 1.15 bits per heavy atom. The Kier molecular flexibility index (Phi) is 7.49. The first-order chi connectivity index (χ1) is 13.2. The molecule has 1 aromatic rings. The van der Waals surface area contributed by atoms with E-state index in [2.05, 4.69) is 32.9 Å². The topological polar surface area (TPSA) is 32.8 Å². The van der Waals surface area contributed by atoms with E-state index >= 15 is 0 Å². The predicted octanol–water partition coefficient (Wildman–Crippen LogP) is 4.52. The zero-order valence-corrected chi connectivity index (χ0v) is 17.7. The lowest BCUT2D eigenvalue weighted by Gasteiger charge is -2.42. The van der Waals surface area contributed by atoms with E-state index in [1.54, 1.807) is 11.9 Å². The van der Waals surface area contributed by atoms with Crippen LogP contribution in [-0.4, -0.2) is 44.8 Å². The summed E-state index contributed by atoms with van der Waals surface area (Å²) in [6.45, 7) is 7.14. The number of ether oxygens (including phenoxy) is 1. The van der Waals surface area contributed by atoms with Gasteiger partial charge in [-0.1, -0.05) is 36.4 Å². The number of hydrogen-bond acceptors (Lipinski definition) is 4. The molecule has 0 bridgehead atoms. The van der Waals surface area contributed by atoms with E-state index in [0.29, 0.717) is 0 Å². The fourth-order valence-electron chi connectivity index (χ4n) is 3.40. The van der Waals surface area contributed by atoms with Crippen LogP contribution in [0.2, 0.25) is 0 Å². The molecule has 1 aromatic carbocycles. The molecule has 0 saturated carbocycles. The van der Waals surface area contributed by atoms with E-state index in [-0.39, 0.29) is 5.72 Å².